The second-order valence-electron chi connectivity index (χ2n) is 6.88. The van der Waals surface area contributed by atoms with E-state index in [9.17, 15) is 9.59 Å². The molecule has 142 valence electrons. The van der Waals surface area contributed by atoms with Crippen LogP contribution in [-0.2, 0) is 4.74 Å². The first kappa shape index (κ1) is 18.5. The first-order chi connectivity index (χ1) is 12.7. The van der Waals surface area contributed by atoms with Crippen molar-refractivity contribution < 1.29 is 14.3 Å². The highest BCUT2D eigenvalue weighted by atomic mass is 16.6. The Morgan fingerprint density at radius 1 is 1.19 bits per heavy atom. The van der Waals surface area contributed by atoms with Gasteiger partial charge in [0.2, 0.25) is 0 Å². The van der Waals surface area contributed by atoms with E-state index in [1.807, 2.05) is 6.07 Å². The molecule has 2 amide bonds. The lowest BCUT2D eigenvalue weighted by atomic mass is 10.0. The van der Waals surface area contributed by atoms with Gasteiger partial charge in [-0.2, -0.15) is 0 Å². The molecule has 2 saturated heterocycles. The van der Waals surface area contributed by atoms with E-state index in [0.717, 1.165) is 31.7 Å². The van der Waals surface area contributed by atoms with E-state index in [2.05, 4.69) is 15.2 Å². The van der Waals surface area contributed by atoms with Crippen LogP contribution in [-0.4, -0.2) is 60.7 Å². The molecule has 0 aromatic carbocycles. The summed E-state index contributed by atoms with van der Waals surface area (Å²) in [7, 11) is 0. The summed E-state index contributed by atoms with van der Waals surface area (Å²) in [5.74, 6) is 0.815. The number of rotatable bonds is 4. The molecule has 0 aliphatic carbocycles. The number of amides is 2. The van der Waals surface area contributed by atoms with Gasteiger partial charge in [0.05, 0.1) is 6.61 Å². The second-order valence-corrected chi connectivity index (χ2v) is 6.88. The summed E-state index contributed by atoms with van der Waals surface area (Å²) in [5.41, 5.74) is 0.647. The van der Waals surface area contributed by atoms with E-state index in [1.165, 1.54) is 19.3 Å². The molecule has 1 N–H and O–H groups in total. The standard InChI is InChI=1S/C19H28N4O3/c1-2-26-19(25)23-12-7-16(8-13-23)21-18(24)15-6-9-20-17(14-15)22-10-4-3-5-11-22/h6,9,14,16H,2-5,7-8,10-13H2,1H3,(H,21,24). The molecule has 7 nitrogen and oxygen atoms in total. The number of anilines is 1. The van der Waals surface area contributed by atoms with E-state index in [0.29, 0.717) is 25.3 Å². The smallest absolute Gasteiger partial charge is 0.409 e. The summed E-state index contributed by atoms with van der Waals surface area (Å²) in [5, 5.41) is 3.09. The van der Waals surface area contributed by atoms with Gasteiger partial charge in [0.15, 0.2) is 0 Å². The van der Waals surface area contributed by atoms with Gasteiger partial charge in [-0.1, -0.05) is 0 Å². The molecule has 3 heterocycles. The van der Waals surface area contributed by atoms with Crippen molar-refractivity contribution in [1.82, 2.24) is 15.2 Å². The monoisotopic (exact) mass is 360 g/mol. The van der Waals surface area contributed by atoms with Gasteiger partial charge in [0.25, 0.3) is 5.91 Å². The van der Waals surface area contributed by atoms with Crippen LogP contribution in [0.15, 0.2) is 18.3 Å². The molecule has 3 rings (SSSR count). The van der Waals surface area contributed by atoms with Crippen molar-refractivity contribution in [2.75, 3.05) is 37.7 Å². The lowest BCUT2D eigenvalue weighted by Gasteiger charge is -2.31. The Balaban J connectivity index is 1.53. The maximum Gasteiger partial charge on any atom is 0.409 e. The number of piperidine rings is 2. The minimum Gasteiger partial charge on any atom is -0.450 e. The Morgan fingerprint density at radius 2 is 1.92 bits per heavy atom. The fourth-order valence-electron chi connectivity index (χ4n) is 3.55. The van der Waals surface area contributed by atoms with Crippen molar-refractivity contribution in [2.45, 2.75) is 45.1 Å². The summed E-state index contributed by atoms with van der Waals surface area (Å²) in [6, 6.07) is 3.73. The van der Waals surface area contributed by atoms with Crippen LogP contribution in [0.4, 0.5) is 10.6 Å². The average Bonchev–Trinajstić information content (AvgIpc) is 2.69. The molecular weight excluding hydrogens is 332 g/mol. The Bertz CT molecular complexity index is 623. The zero-order valence-electron chi connectivity index (χ0n) is 15.4. The van der Waals surface area contributed by atoms with Crippen LogP contribution in [0, 0.1) is 0 Å². The molecule has 2 fully saturated rings. The number of carbonyl (C=O) groups is 2. The third-order valence-corrected chi connectivity index (χ3v) is 5.04. The fraction of sp³-hybridized carbons (Fsp3) is 0.632. The largest absolute Gasteiger partial charge is 0.450 e. The van der Waals surface area contributed by atoms with Gasteiger partial charge in [-0.3, -0.25) is 4.79 Å². The summed E-state index contributed by atoms with van der Waals surface area (Å²) in [6.45, 7) is 5.42. The van der Waals surface area contributed by atoms with Crippen LogP contribution in [0.25, 0.3) is 0 Å². The average molecular weight is 360 g/mol. The van der Waals surface area contributed by atoms with Gasteiger partial charge in [0, 0.05) is 44.0 Å². The third kappa shape index (κ3) is 4.65. The van der Waals surface area contributed by atoms with Crippen LogP contribution in [0.1, 0.15) is 49.4 Å². The number of likely N-dealkylation sites (tertiary alicyclic amines) is 1. The molecule has 0 radical (unpaired) electrons. The maximum atomic E-state index is 12.6. The highest BCUT2D eigenvalue weighted by Crippen LogP contribution is 2.19. The number of aromatic nitrogens is 1. The van der Waals surface area contributed by atoms with E-state index in [1.54, 1.807) is 24.1 Å². The van der Waals surface area contributed by atoms with Crippen molar-refractivity contribution >= 4 is 17.8 Å². The molecule has 0 saturated carbocycles. The normalized spacial score (nSPS) is 18.5. The zero-order valence-corrected chi connectivity index (χ0v) is 15.4. The SMILES string of the molecule is CCOC(=O)N1CCC(NC(=O)c2ccnc(N3CCCCC3)c2)CC1. The van der Waals surface area contributed by atoms with Crippen LogP contribution >= 0.6 is 0 Å². The molecule has 0 unspecified atom stereocenters. The van der Waals surface area contributed by atoms with Gasteiger partial charge < -0.3 is 19.9 Å². The molecule has 2 aliphatic rings. The minimum atomic E-state index is -0.266. The van der Waals surface area contributed by atoms with Gasteiger partial charge in [-0.05, 0) is 51.2 Å². The predicted molar refractivity (Wildman–Crippen MR) is 99.4 cm³/mol. The van der Waals surface area contributed by atoms with Crippen molar-refractivity contribution in [3.8, 4) is 0 Å². The van der Waals surface area contributed by atoms with E-state index >= 15 is 0 Å². The topological polar surface area (TPSA) is 74.8 Å². The Morgan fingerprint density at radius 3 is 2.62 bits per heavy atom. The second kappa shape index (κ2) is 8.87. The first-order valence-electron chi connectivity index (χ1n) is 9.61. The lowest BCUT2D eigenvalue weighted by molar-refractivity contribution is 0.0860. The number of pyridine rings is 1. The van der Waals surface area contributed by atoms with Gasteiger partial charge in [-0.15, -0.1) is 0 Å². The third-order valence-electron chi connectivity index (χ3n) is 5.04. The minimum absolute atomic E-state index is 0.0692. The summed E-state index contributed by atoms with van der Waals surface area (Å²) in [4.78, 5) is 32.7. The number of nitrogens with one attached hydrogen (secondary N) is 1. The Kier molecular flexibility index (Phi) is 6.30. The summed E-state index contributed by atoms with van der Waals surface area (Å²) in [6.07, 6.45) is 6.55. The molecular formula is C19H28N4O3. The van der Waals surface area contributed by atoms with Crippen LogP contribution in [0.5, 0.6) is 0 Å². The van der Waals surface area contributed by atoms with Crippen LogP contribution < -0.4 is 10.2 Å². The van der Waals surface area contributed by atoms with E-state index in [4.69, 9.17) is 4.74 Å². The highest BCUT2D eigenvalue weighted by molar-refractivity contribution is 5.95. The van der Waals surface area contributed by atoms with Crippen molar-refractivity contribution in [2.24, 2.45) is 0 Å². The number of carbonyl (C=O) groups excluding carboxylic acids is 2. The van der Waals surface area contributed by atoms with E-state index < -0.39 is 0 Å². The summed E-state index contributed by atoms with van der Waals surface area (Å²) < 4.78 is 5.03. The van der Waals surface area contributed by atoms with Crippen LogP contribution in [0.3, 0.4) is 0 Å². The number of hydrogen-bond acceptors (Lipinski definition) is 5. The predicted octanol–water partition coefficient (Wildman–Crippen LogP) is 2.42. The van der Waals surface area contributed by atoms with Gasteiger partial charge in [0.1, 0.15) is 5.82 Å². The molecule has 26 heavy (non-hydrogen) atoms. The van der Waals surface area contributed by atoms with Gasteiger partial charge >= 0.3 is 6.09 Å². The summed E-state index contributed by atoms with van der Waals surface area (Å²) >= 11 is 0. The lowest BCUT2D eigenvalue weighted by Crippen LogP contribution is -2.46. The zero-order chi connectivity index (χ0) is 18.4. The Labute approximate surface area is 154 Å². The van der Waals surface area contributed by atoms with Gasteiger partial charge in [-0.25, -0.2) is 9.78 Å². The maximum absolute atomic E-state index is 12.6. The van der Waals surface area contributed by atoms with Crippen LogP contribution in [0.2, 0.25) is 0 Å². The molecule has 1 aromatic heterocycles. The molecule has 0 atom stereocenters. The highest BCUT2D eigenvalue weighted by Gasteiger charge is 2.25. The number of nitrogens with zero attached hydrogens (tertiary/aromatic N) is 3. The quantitative estimate of drug-likeness (QED) is 0.892. The van der Waals surface area contributed by atoms with E-state index in [-0.39, 0.29) is 18.0 Å². The van der Waals surface area contributed by atoms with Crippen molar-refractivity contribution in [3.63, 3.8) is 0 Å². The van der Waals surface area contributed by atoms with Crippen molar-refractivity contribution in [1.29, 1.82) is 0 Å². The first-order valence-corrected chi connectivity index (χ1v) is 9.61. The Hall–Kier alpha value is -2.31. The number of ether oxygens (including phenoxy) is 1. The molecule has 2 aliphatic heterocycles. The number of hydrogen-bond donors (Lipinski definition) is 1. The molecule has 0 bridgehead atoms. The van der Waals surface area contributed by atoms with Crippen molar-refractivity contribution in [3.05, 3.63) is 23.9 Å². The molecule has 7 heteroatoms. The molecule has 1 aromatic rings. The molecule has 0 spiro atoms. The fourth-order valence-corrected chi connectivity index (χ4v) is 3.55.